The summed E-state index contributed by atoms with van der Waals surface area (Å²) in [6, 6.07) is 6.86. The smallest absolute Gasteiger partial charge is 0.191 e. The minimum absolute atomic E-state index is 0.157. The van der Waals surface area contributed by atoms with Crippen molar-refractivity contribution in [3.05, 3.63) is 51.7 Å². The summed E-state index contributed by atoms with van der Waals surface area (Å²) in [6.45, 7) is 6.20. The minimum atomic E-state index is -0.157. The lowest BCUT2D eigenvalue weighted by Crippen LogP contribution is -2.38. The third-order valence-corrected chi connectivity index (χ3v) is 4.23. The van der Waals surface area contributed by atoms with Crippen LogP contribution in [0.1, 0.15) is 22.4 Å². The van der Waals surface area contributed by atoms with Gasteiger partial charge in [-0.1, -0.05) is 18.2 Å². The highest BCUT2D eigenvalue weighted by atomic mass is 32.1. The van der Waals surface area contributed by atoms with Crippen LogP contribution in [0, 0.1) is 12.7 Å². The predicted octanol–water partition coefficient (Wildman–Crippen LogP) is 2.93. The van der Waals surface area contributed by atoms with Crippen molar-refractivity contribution in [2.24, 2.45) is 4.99 Å². The van der Waals surface area contributed by atoms with Gasteiger partial charge in [0, 0.05) is 37.1 Å². The van der Waals surface area contributed by atoms with Crippen LogP contribution < -0.4 is 10.6 Å². The lowest BCUT2D eigenvalue weighted by Gasteiger charge is -2.11. The third-order valence-electron chi connectivity index (χ3n) is 3.25. The van der Waals surface area contributed by atoms with Crippen molar-refractivity contribution in [2.75, 3.05) is 19.6 Å². The number of hydrogen-bond donors (Lipinski definition) is 2. The summed E-state index contributed by atoms with van der Waals surface area (Å²) in [6.07, 6.45) is 3.35. The fourth-order valence-electron chi connectivity index (χ4n) is 2.14. The van der Waals surface area contributed by atoms with Crippen LogP contribution in [-0.4, -0.2) is 30.6 Å². The predicted molar refractivity (Wildman–Crippen MR) is 94.6 cm³/mol. The Hall–Kier alpha value is -1.95. The second-order valence-electron chi connectivity index (χ2n) is 5.14. The van der Waals surface area contributed by atoms with Gasteiger partial charge in [0.25, 0.3) is 0 Å². The molecule has 124 valence electrons. The van der Waals surface area contributed by atoms with Gasteiger partial charge in [-0.3, -0.25) is 4.99 Å². The largest absolute Gasteiger partial charge is 0.357 e. The Morgan fingerprint density at radius 1 is 1.26 bits per heavy atom. The zero-order chi connectivity index (χ0) is 16.5. The maximum Gasteiger partial charge on any atom is 0.191 e. The van der Waals surface area contributed by atoms with Gasteiger partial charge in [-0.2, -0.15) is 0 Å². The second-order valence-corrected chi connectivity index (χ2v) is 6.46. The van der Waals surface area contributed by atoms with Gasteiger partial charge in [-0.05, 0) is 31.9 Å². The van der Waals surface area contributed by atoms with Crippen LogP contribution in [0.4, 0.5) is 4.39 Å². The quantitative estimate of drug-likeness (QED) is 0.605. The molecule has 0 atom stereocenters. The summed E-state index contributed by atoms with van der Waals surface area (Å²) in [5.41, 5.74) is 0.717. The monoisotopic (exact) mass is 334 g/mol. The number of benzene rings is 1. The lowest BCUT2D eigenvalue weighted by molar-refractivity contribution is 0.606. The SMILES string of the molecule is CCNC(=NCCc1ncc(C)s1)NCCc1ccccc1F. The highest BCUT2D eigenvalue weighted by molar-refractivity contribution is 7.11. The first kappa shape index (κ1) is 17.4. The summed E-state index contributed by atoms with van der Waals surface area (Å²) in [5, 5.41) is 7.55. The van der Waals surface area contributed by atoms with E-state index in [0.717, 1.165) is 23.9 Å². The van der Waals surface area contributed by atoms with Crippen molar-refractivity contribution < 1.29 is 4.39 Å². The van der Waals surface area contributed by atoms with Crippen molar-refractivity contribution >= 4 is 17.3 Å². The molecular weight excluding hydrogens is 311 g/mol. The lowest BCUT2D eigenvalue weighted by atomic mass is 10.1. The van der Waals surface area contributed by atoms with Crippen LogP contribution >= 0.6 is 11.3 Å². The number of nitrogens with one attached hydrogen (secondary N) is 2. The van der Waals surface area contributed by atoms with Gasteiger partial charge in [-0.15, -0.1) is 11.3 Å². The second kappa shape index (κ2) is 9.25. The van der Waals surface area contributed by atoms with E-state index >= 15 is 0 Å². The van der Waals surface area contributed by atoms with E-state index in [-0.39, 0.29) is 5.82 Å². The topological polar surface area (TPSA) is 49.3 Å². The Bertz CT molecular complexity index is 639. The number of thiazole rings is 1. The van der Waals surface area contributed by atoms with Gasteiger partial charge < -0.3 is 10.6 Å². The minimum Gasteiger partial charge on any atom is -0.357 e. The first-order chi connectivity index (χ1) is 11.2. The van der Waals surface area contributed by atoms with Crippen LogP contribution in [-0.2, 0) is 12.8 Å². The average molecular weight is 334 g/mol. The first-order valence-corrected chi connectivity index (χ1v) is 8.67. The van der Waals surface area contributed by atoms with Crippen molar-refractivity contribution in [3.8, 4) is 0 Å². The molecule has 0 bridgehead atoms. The van der Waals surface area contributed by atoms with E-state index < -0.39 is 0 Å². The normalized spacial score (nSPS) is 11.5. The van der Waals surface area contributed by atoms with Crippen molar-refractivity contribution in [3.63, 3.8) is 0 Å². The number of aromatic nitrogens is 1. The molecule has 0 fully saturated rings. The molecule has 0 saturated heterocycles. The standard InChI is InChI=1S/C17H23FN4S/c1-3-19-17(21-11-9-16-22-12-13(2)23-16)20-10-8-14-6-4-5-7-15(14)18/h4-7,12H,3,8-11H2,1-2H3,(H2,19,20,21). The summed E-state index contributed by atoms with van der Waals surface area (Å²) in [5.74, 6) is 0.604. The van der Waals surface area contributed by atoms with Gasteiger partial charge in [-0.25, -0.2) is 9.37 Å². The Kier molecular flexibility index (Phi) is 7.00. The summed E-state index contributed by atoms with van der Waals surface area (Å²) in [7, 11) is 0. The van der Waals surface area contributed by atoms with E-state index in [2.05, 4.69) is 27.5 Å². The summed E-state index contributed by atoms with van der Waals surface area (Å²) >= 11 is 1.71. The molecule has 4 nitrogen and oxygen atoms in total. The van der Waals surface area contributed by atoms with Crippen molar-refractivity contribution in [2.45, 2.75) is 26.7 Å². The average Bonchev–Trinajstić information content (AvgIpc) is 2.94. The van der Waals surface area contributed by atoms with Gasteiger partial charge in [0.2, 0.25) is 0 Å². The van der Waals surface area contributed by atoms with E-state index in [0.29, 0.717) is 25.1 Å². The molecule has 2 N–H and O–H groups in total. The number of halogens is 1. The number of guanidine groups is 1. The van der Waals surface area contributed by atoms with E-state index in [9.17, 15) is 4.39 Å². The van der Waals surface area contributed by atoms with Crippen LogP contribution in [0.2, 0.25) is 0 Å². The summed E-state index contributed by atoms with van der Waals surface area (Å²) in [4.78, 5) is 10.1. The molecular formula is C17H23FN4S. The molecule has 1 aromatic heterocycles. The van der Waals surface area contributed by atoms with Gasteiger partial charge in [0.05, 0.1) is 5.01 Å². The van der Waals surface area contributed by atoms with Crippen molar-refractivity contribution in [1.29, 1.82) is 0 Å². The number of nitrogens with zero attached hydrogens (tertiary/aromatic N) is 2. The fraction of sp³-hybridized carbons (Fsp3) is 0.412. The van der Waals surface area contributed by atoms with Gasteiger partial charge >= 0.3 is 0 Å². The molecule has 2 aromatic rings. The summed E-state index contributed by atoms with van der Waals surface area (Å²) < 4.78 is 13.6. The maximum absolute atomic E-state index is 13.6. The van der Waals surface area contributed by atoms with Crippen LogP contribution in [0.25, 0.3) is 0 Å². The number of hydrogen-bond acceptors (Lipinski definition) is 3. The molecule has 1 heterocycles. The molecule has 0 spiro atoms. The molecule has 0 saturated carbocycles. The van der Waals surface area contributed by atoms with E-state index in [1.165, 1.54) is 10.9 Å². The molecule has 0 aliphatic heterocycles. The van der Waals surface area contributed by atoms with Crippen LogP contribution in [0.15, 0.2) is 35.5 Å². The Balaban J connectivity index is 1.80. The molecule has 0 aliphatic rings. The molecule has 0 aliphatic carbocycles. The molecule has 0 radical (unpaired) electrons. The number of rotatable bonds is 7. The molecule has 23 heavy (non-hydrogen) atoms. The molecule has 1 aromatic carbocycles. The maximum atomic E-state index is 13.6. The molecule has 0 unspecified atom stereocenters. The van der Waals surface area contributed by atoms with E-state index in [1.54, 1.807) is 17.4 Å². The molecule has 6 heteroatoms. The first-order valence-electron chi connectivity index (χ1n) is 7.86. The van der Waals surface area contributed by atoms with Gasteiger partial charge in [0.15, 0.2) is 5.96 Å². The zero-order valence-corrected chi connectivity index (χ0v) is 14.4. The van der Waals surface area contributed by atoms with Crippen LogP contribution in [0.3, 0.4) is 0 Å². The Morgan fingerprint density at radius 2 is 2.09 bits per heavy atom. The number of aryl methyl sites for hydroxylation is 1. The van der Waals surface area contributed by atoms with Crippen molar-refractivity contribution in [1.82, 2.24) is 15.6 Å². The fourth-order valence-corrected chi connectivity index (χ4v) is 2.91. The molecule has 0 amide bonds. The van der Waals surface area contributed by atoms with Gasteiger partial charge in [0.1, 0.15) is 5.82 Å². The Morgan fingerprint density at radius 3 is 2.78 bits per heavy atom. The van der Waals surface area contributed by atoms with E-state index in [1.807, 2.05) is 25.3 Å². The highest BCUT2D eigenvalue weighted by Gasteiger charge is 2.02. The molecule has 2 rings (SSSR count). The van der Waals surface area contributed by atoms with Crippen LogP contribution in [0.5, 0.6) is 0 Å². The Labute approximate surface area is 140 Å². The van der Waals surface area contributed by atoms with E-state index in [4.69, 9.17) is 0 Å². The highest BCUT2D eigenvalue weighted by Crippen LogP contribution is 2.11. The number of aliphatic imine (C=N–C) groups is 1. The zero-order valence-electron chi connectivity index (χ0n) is 13.6. The third kappa shape index (κ3) is 5.98.